The molecular formula is C30H44F2N6O16S. The zero-order valence-corrected chi connectivity index (χ0v) is 30.3. The van der Waals surface area contributed by atoms with E-state index in [1.165, 1.54) is 11.8 Å². The molecule has 0 aliphatic heterocycles. The van der Waals surface area contributed by atoms with Crippen molar-refractivity contribution in [2.24, 2.45) is 0 Å². The van der Waals surface area contributed by atoms with Crippen molar-refractivity contribution in [2.75, 3.05) is 12.0 Å². The molecule has 6 unspecified atom stereocenters. The van der Waals surface area contributed by atoms with Gasteiger partial charge in [-0.25, -0.2) is 13.6 Å². The van der Waals surface area contributed by atoms with Crippen LogP contribution in [0.25, 0.3) is 0 Å². The molecule has 6 atom stereocenters. The monoisotopic (exact) mass is 814 g/mol. The van der Waals surface area contributed by atoms with Crippen molar-refractivity contribution in [3.63, 3.8) is 0 Å². The molecule has 0 saturated carbocycles. The average molecular weight is 815 g/mol. The lowest BCUT2D eigenvalue weighted by atomic mass is 10.1. The van der Waals surface area contributed by atoms with E-state index < -0.39 is 159 Å². The zero-order valence-electron chi connectivity index (χ0n) is 29.5. The van der Waals surface area contributed by atoms with Gasteiger partial charge in [0.15, 0.2) is 0 Å². The fourth-order valence-corrected chi connectivity index (χ4v) is 4.98. The highest BCUT2D eigenvalue weighted by Gasteiger charge is 2.34. The summed E-state index contributed by atoms with van der Waals surface area (Å²) in [7, 11) is 0. The second-order valence-electron chi connectivity index (χ2n) is 11.7. The van der Waals surface area contributed by atoms with Crippen LogP contribution in [-0.2, 0) is 52.7 Å². The van der Waals surface area contributed by atoms with Gasteiger partial charge in [0.2, 0.25) is 41.9 Å². The van der Waals surface area contributed by atoms with Gasteiger partial charge in [-0.2, -0.15) is 11.8 Å². The van der Waals surface area contributed by atoms with Crippen LogP contribution in [0.4, 0.5) is 8.78 Å². The SMILES string of the molecule is CSCCC(NC(=O)C(CCC(=O)O)NC(=O)C(CC(=O)O)NC(C)=O)C(=O)NC(CCC(=O)O)C(=O)NC(CCC(=O)O)C(=O)NC(CC(F)F)C(=O)O. The number of alkyl halides is 2. The lowest BCUT2D eigenvalue weighted by Gasteiger charge is -2.27. The summed E-state index contributed by atoms with van der Waals surface area (Å²) in [5.74, 6) is -14.6. The first-order valence-electron chi connectivity index (χ1n) is 16.2. The number of hydrogen-bond donors (Lipinski definition) is 11. The summed E-state index contributed by atoms with van der Waals surface area (Å²) in [5.41, 5.74) is 0. The van der Waals surface area contributed by atoms with E-state index in [2.05, 4.69) is 26.6 Å². The van der Waals surface area contributed by atoms with Gasteiger partial charge in [-0.05, 0) is 37.7 Å². The van der Waals surface area contributed by atoms with Crippen LogP contribution >= 0.6 is 11.8 Å². The summed E-state index contributed by atoms with van der Waals surface area (Å²) in [6.07, 6.45) is -8.31. The van der Waals surface area contributed by atoms with Crippen molar-refractivity contribution in [3.05, 3.63) is 0 Å². The highest BCUT2D eigenvalue weighted by atomic mass is 32.2. The minimum absolute atomic E-state index is 0.153. The molecule has 0 aromatic heterocycles. The number of rotatable bonds is 28. The van der Waals surface area contributed by atoms with Crippen molar-refractivity contribution in [2.45, 2.75) is 107 Å². The quantitative estimate of drug-likeness (QED) is 0.0388. The number of thioether (sulfide) groups is 1. The summed E-state index contributed by atoms with van der Waals surface area (Å²) in [4.78, 5) is 134. The van der Waals surface area contributed by atoms with Crippen molar-refractivity contribution >= 4 is 77.1 Å². The lowest BCUT2D eigenvalue weighted by Crippen LogP contribution is -2.59. The Labute approximate surface area is 315 Å². The predicted octanol–water partition coefficient (Wildman–Crippen LogP) is -2.52. The maximum atomic E-state index is 13.5. The molecule has 25 heteroatoms. The first-order valence-corrected chi connectivity index (χ1v) is 17.6. The highest BCUT2D eigenvalue weighted by Crippen LogP contribution is 2.10. The van der Waals surface area contributed by atoms with E-state index in [0.717, 1.165) is 6.92 Å². The molecule has 0 spiro atoms. The van der Waals surface area contributed by atoms with Gasteiger partial charge in [0, 0.05) is 32.6 Å². The predicted molar refractivity (Wildman–Crippen MR) is 181 cm³/mol. The van der Waals surface area contributed by atoms with Crippen LogP contribution < -0.4 is 31.9 Å². The molecule has 0 aromatic carbocycles. The van der Waals surface area contributed by atoms with Crippen LogP contribution in [0.3, 0.4) is 0 Å². The number of carbonyl (C=O) groups is 11. The van der Waals surface area contributed by atoms with Crippen molar-refractivity contribution in [1.29, 1.82) is 0 Å². The molecule has 11 N–H and O–H groups in total. The lowest BCUT2D eigenvalue weighted by molar-refractivity contribution is -0.144. The third-order valence-electron chi connectivity index (χ3n) is 7.18. The first kappa shape index (κ1) is 49.4. The number of carboxylic acid groups (broad SMARTS) is 5. The van der Waals surface area contributed by atoms with Crippen LogP contribution in [0, 0.1) is 0 Å². The zero-order chi connectivity index (χ0) is 42.4. The van der Waals surface area contributed by atoms with E-state index in [4.69, 9.17) is 10.2 Å². The number of halogens is 2. The molecule has 22 nitrogen and oxygen atoms in total. The molecule has 0 aliphatic rings. The fourth-order valence-electron chi connectivity index (χ4n) is 4.50. The summed E-state index contributed by atoms with van der Waals surface area (Å²) < 4.78 is 25.8. The van der Waals surface area contributed by atoms with E-state index >= 15 is 0 Å². The van der Waals surface area contributed by atoms with Crippen LogP contribution in [0.15, 0.2) is 0 Å². The normalized spacial score (nSPS) is 14.1. The topological polar surface area (TPSA) is 361 Å². The molecule has 0 aliphatic carbocycles. The van der Waals surface area contributed by atoms with Crippen molar-refractivity contribution in [1.82, 2.24) is 31.9 Å². The van der Waals surface area contributed by atoms with Gasteiger partial charge < -0.3 is 57.4 Å². The minimum Gasteiger partial charge on any atom is -0.481 e. The highest BCUT2D eigenvalue weighted by molar-refractivity contribution is 7.98. The van der Waals surface area contributed by atoms with Crippen LogP contribution in [0.1, 0.15) is 64.7 Å². The Hall–Kier alpha value is -5.62. The minimum atomic E-state index is -3.19. The summed E-state index contributed by atoms with van der Waals surface area (Å²) in [6, 6.07) is -10.9. The number of carbonyl (C=O) groups excluding carboxylic acids is 6. The first-order chi connectivity index (χ1) is 25.6. The molecule has 0 radical (unpaired) electrons. The van der Waals surface area contributed by atoms with Gasteiger partial charge >= 0.3 is 29.8 Å². The maximum absolute atomic E-state index is 13.5. The smallest absolute Gasteiger partial charge is 0.326 e. The van der Waals surface area contributed by atoms with E-state index in [1.54, 1.807) is 11.6 Å². The van der Waals surface area contributed by atoms with Crippen LogP contribution in [-0.4, -0.2) is 146 Å². The second kappa shape index (κ2) is 25.4. The van der Waals surface area contributed by atoms with E-state index in [-0.39, 0.29) is 12.2 Å². The Morgan fingerprint density at radius 3 is 1.09 bits per heavy atom. The van der Waals surface area contributed by atoms with Gasteiger partial charge in [-0.15, -0.1) is 0 Å². The molecular weight excluding hydrogens is 770 g/mol. The molecule has 0 rings (SSSR count). The van der Waals surface area contributed by atoms with Gasteiger partial charge in [0.25, 0.3) is 0 Å². The van der Waals surface area contributed by atoms with E-state index in [1.807, 2.05) is 0 Å². The molecule has 55 heavy (non-hydrogen) atoms. The molecule has 0 heterocycles. The fraction of sp³-hybridized carbons (Fsp3) is 0.633. The molecule has 0 fully saturated rings. The largest absolute Gasteiger partial charge is 0.481 e. The molecule has 310 valence electrons. The Morgan fingerprint density at radius 2 is 0.818 bits per heavy atom. The van der Waals surface area contributed by atoms with E-state index in [0.29, 0.717) is 0 Å². The molecule has 0 aromatic rings. The Bertz CT molecular complexity index is 1420. The maximum Gasteiger partial charge on any atom is 0.326 e. The molecule has 0 bridgehead atoms. The molecule has 0 saturated heterocycles. The van der Waals surface area contributed by atoms with Gasteiger partial charge in [-0.3, -0.25) is 47.9 Å². The van der Waals surface area contributed by atoms with Crippen LogP contribution in [0.2, 0.25) is 0 Å². The number of hydrogen-bond acceptors (Lipinski definition) is 12. The van der Waals surface area contributed by atoms with Crippen molar-refractivity contribution < 1.29 is 87.1 Å². The Morgan fingerprint density at radius 1 is 0.491 bits per heavy atom. The number of carboxylic acids is 5. The van der Waals surface area contributed by atoms with Crippen LogP contribution in [0.5, 0.6) is 0 Å². The third kappa shape index (κ3) is 21.6. The third-order valence-corrected chi connectivity index (χ3v) is 7.83. The number of amides is 6. The second-order valence-corrected chi connectivity index (χ2v) is 12.7. The summed E-state index contributed by atoms with van der Waals surface area (Å²) in [5, 5.41) is 58.4. The Kier molecular flexibility index (Phi) is 22.8. The summed E-state index contributed by atoms with van der Waals surface area (Å²) in [6.45, 7) is 0.979. The van der Waals surface area contributed by atoms with Crippen molar-refractivity contribution in [3.8, 4) is 0 Å². The van der Waals surface area contributed by atoms with Gasteiger partial charge in [0.1, 0.15) is 36.3 Å². The summed E-state index contributed by atoms with van der Waals surface area (Å²) >= 11 is 1.18. The standard InChI is InChI=1S/C30H44F2N6O16S/c1-13(39)33-18(12-24(46)47)29(52)36-15(4-7-22(42)43)26(49)37-17(9-10-55-2)28(51)35-14(3-6-21(40)41)25(48)34-16(5-8-23(44)45)27(50)38-19(30(53)54)11-20(31)32/h14-20H,3-12H2,1-2H3,(H,33,39)(H,34,48)(H,35,51)(H,36,52)(H,37,49)(H,38,50)(H,40,41)(H,42,43)(H,44,45)(H,46,47)(H,53,54). The number of nitrogens with one attached hydrogen (secondary N) is 6. The van der Waals surface area contributed by atoms with Gasteiger partial charge in [0.05, 0.1) is 6.42 Å². The van der Waals surface area contributed by atoms with E-state index in [9.17, 15) is 76.8 Å². The average Bonchev–Trinajstić information content (AvgIpc) is 3.06. The van der Waals surface area contributed by atoms with Gasteiger partial charge in [-0.1, -0.05) is 0 Å². The number of aliphatic carboxylic acids is 5. The molecule has 6 amide bonds. The Balaban J connectivity index is 6.43.